The molecule has 2 aliphatic rings. The van der Waals surface area contributed by atoms with E-state index in [1.807, 2.05) is 0 Å². The SMILES string of the molecule is C[C@H]1CCCCC1=NNC(=O)c1ccc2c(=O)n3c(nc2c1)CCC3. The lowest BCUT2D eigenvalue weighted by atomic mass is 9.89. The maximum absolute atomic E-state index is 12.5. The van der Waals surface area contributed by atoms with Crippen molar-refractivity contribution in [1.29, 1.82) is 0 Å². The predicted molar refractivity (Wildman–Crippen MR) is 96.9 cm³/mol. The third-order valence-corrected chi connectivity index (χ3v) is 5.27. The molecule has 0 saturated heterocycles. The molecule has 1 atom stereocenters. The first kappa shape index (κ1) is 16.0. The van der Waals surface area contributed by atoms with Crippen LogP contribution < -0.4 is 11.0 Å². The summed E-state index contributed by atoms with van der Waals surface area (Å²) in [6.45, 7) is 2.88. The quantitative estimate of drug-likeness (QED) is 0.855. The highest BCUT2D eigenvalue weighted by molar-refractivity contribution is 5.98. The molecule has 1 fully saturated rings. The van der Waals surface area contributed by atoms with Crippen molar-refractivity contribution in [1.82, 2.24) is 15.0 Å². The van der Waals surface area contributed by atoms with E-state index in [2.05, 4.69) is 22.4 Å². The van der Waals surface area contributed by atoms with E-state index in [0.29, 0.717) is 22.4 Å². The molecule has 0 spiro atoms. The van der Waals surface area contributed by atoms with E-state index < -0.39 is 0 Å². The van der Waals surface area contributed by atoms with Gasteiger partial charge in [-0.2, -0.15) is 5.10 Å². The molecule has 4 rings (SSSR count). The van der Waals surface area contributed by atoms with Crippen molar-refractivity contribution in [2.75, 3.05) is 0 Å². The number of benzene rings is 1. The number of hydrogen-bond donors (Lipinski definition) is 1. The van der Waals surface area contributed by atoms with Crippen molar-refractivity contribution in [3.8, 4) is 0 Å². The molecule has 2 heterocycles. The fourth-order valence-electron chi connectivity index (χ4n) is 3.75. The second-order valence-electron chi connectivity index (χ2n) is 7.01. The summed E-state index contributed by atoms with van der Waals surface area (Å²) in [7, 11) is 0. The fourth-order valence-corrected chi connectivity index (χ4v) is 3.75. The van der Waals surface area contributed by atoms with Gasteiger partial charge in [0.25, 0.3) is 11.5 Å². The number of carbonyl (C=O) groups is 1. The van der Waals surface area contributed by atoms with E-state index in [1.54, 1.807) is 22.8 Å². The van der Waals surface area contributed by atoms with Gasteiger partial charge in [0, 0.05) is 24.2 Å². The van der Waals surface area contributed by atoms with Crippen LogP contribution in [-0.2, 0) is 13.0 Å². The number of hydrazone groups is 1. The molecule has 0 bridgehead atoms. The Hall–Kier alpha value is -2.50. The molecule has 0 radical (unpaired) electrons. The lowest BCUT2D eigenvalue weighted by molar-refractivity contribution is 0.0954. The van der Waals surface area contributed by atoms with Gasteiger partial charge in [-0.3, -0.25) is 14.2 Å². The normalized spacial score (nSPS) is 21.5. The van der Waals surface area contributed by atoms with Crippen molar-refractivity contribution in [2.45, 2.75) is 52.0 Å². The Morgan fingerprint density at radius 3 is 3.00 bits per heavy atom. The van der Waals surface area contributed by atoms with Crippen LogP contribution >= 0.6 is 0 Å². The lowest BCUT2D eigenvalue weighted by Crippen LogP contribution is -2.24. The van der Waals surface area contributed by atoms with Crippen LogP contribution in [0.5, 0.6) is 0 Å². The minimum absolute atomic E-state index is 0.0132. The Bertz CT molecular complexity index is 929. The Labute approximate surface area is 146 Å². The summed E-state index contributed by atoms with van der Waals surface area (Å²) in [6.07, 6.45) is 6.19. The van der Waals surface area contributed by atoms with Gasteiger partial charge in [-0.25, -0.2) is 10.4 Å². The van der Waals surface area contributed by atoms with Crippen LogP contribution in [0.1, 0.15) is 55.2 Å². The van der Waals surface area contributed by atoms with Gasteiger partial charge in [0.05, 0.1) is 10.9 Å². The molecule has 6 nitrogen and oxygen atoms in total. The van der Waals surface area contributed by atoms with E-state index in [1.165, 1.54) is 6.42 Å². The fraction of sp³-hybridized carbons (Fsp3) is 0.474. The van der Waals surface area contributed by atoms with E-state index in [9.17, 15) is 9.59 Å². The highest BCUT2D eigenvalue weighted by Crippen LogP contribution is 2.21. The van der Waals surface area contributed by atoms with Gasteiger partial charge in [0.2, 0.25) is 0 Å². The predicted octanol–water partition coefficient (Wildman–Crippen LogP) is 2.64. The zero-order valence-electron chi connectivity index (χ0n) is 14.4. The molecule has 130 valence electrons. The van der Waals surface area contributed by atoms with Gasteiger partial charge < -0.3 is 0 Å². The minimum Gasteiger partial charge on any atom is -0.296 e. The van der Waals surface area contributed by atoms with Crippen molar-refractivity contribution in [3.63, 3.8) is 0 Å². The molecule has 1 amide bonds. The van der Waals surface area contributed by atoms with E-state index >= 15 is 0 Å². The van der Waals surface area contributed by atoms with Gasteiger partial charge in [0.15, 0.2) is 0 Å². The summed E-state index contributed by atoms with van der Waals surface area (Å²) in [5.74, 6) is 0.982. The number of aryl methyl sites for hydroxylation is 1. The molecule has 1 aromatic carbocycles. The lowest BCUT2D eigenvalue weighted by Gasteiger charge is -2.19. The first-order valence-corrected chi connectivity index (χ1v) is 9.04. The molecular weight excluding hydrogens is 316 g/mol. The van der Waals surface area contributed by atoms with Crippen molar-refractivity contribution < 1.29 is 4.79 Å². The van der Waals surface area contributed by atoms with Gasteiger partial charge in [-0.05, 0) is 49.8 Å². The Kier molecular flexibility index (Phi) is 4.11. The zero-order valence-corrected chi connectivity index (χ0v) is 14.4. The smallest absolute Gasteiger partial charge is 0.271 e. The topological polar surface area (TPSA) is 76.3 Å². The second kappa shape index (κ2) is 6.43. The number of rotatable bonds is 2. The molecular formula is C19H22N4O2. The molecule has 1 aliphatic heterocycles. The number of carbonyl (C=O) groups excluding carboxylic acids is 1. The van der Waals surface area contributed by atoms with Crippen molar-refractivity contribution in [3.05, 3.63) is 39.9 Å². The average molecular weight is 338 g/mol. The standard InChI is InChI=1S/C19H22N4O2/c1-12-5-2-3-6-15(12)21-22-18(24)13-8-9-14-16(11-13)20-17-7-4-10-23(17)19(14)25/h8-9,11-12H,2-7,10H2,1H3,(H,22,24)/t12-/m0/s1. The number of fused-ring (bicyclic) bond motifs is 2. The summed E-state index contributed by atoms with van der Waals surface area (Å²) in [6, 6.07) is 5.06. The number of hydrogen-bond acceptors (Lipinski definition) is 4. The molecule has 1 aliphatic carbocycles. The van der Waals surface area contributed by atoms with Crippen LogP contribution in [0.2, 0.25) is 0 Å². The first-order chi connectivity index (χ1) is 12.1. The van der Waals surface area contributed by atoms with Crippen LogP contribution in [0.4, 0.5) is 0 Å². The monoisotopic (exact) mass is 338 g/mol. The molecule has 2 aromatic rings. The number of amides is 1. The van der Waals surface area contributed by atoms with E-state index in [0.717, 1.165) is 50.2 Å². The number of nitrogens with one attached hydrogen (secondary N) is 1. The number of aromatic nitrogens is 2. The first-order valence-electron chi connectivity index (χ1n) is 9.04. The maximum Gasteiger partial charge on any atom is 0.271 e. The summed E-state index contributed by atoms with van der Waals surface area (Å²) in [5, 5.41) is 4.89. The van der Waals surface area contributed by atoms with E-state index in [-0.39, 0.29) is 11.5 Å². The summed E-state index contributed by atoms with van der Waals surface area (Å²) in [5.41, 5.74) is 4.79. The van der Waals surface area contributed by atoms with Gasteiger partial charge >= 0.3 is 0 Å². The maximum atomic E-state index is 12.5. The van der Waals surface area contributed by atoms with Crippen molar-refractivity contribution >= 4 is 22.5 Å². The highest BCUT2D eigenvalue weighted by atomic mass is 16.2. The molecule has 25 heavy (non-hydrogen) atoms. The van der Waals surface area contributed by atoms with Gasteiger partial charge in [0.1, 0.15) is 5.82 Å². The van der Waals surface area contributed by atoms with Crippen LogP contribution in [0.15, 0.2) is 28.1 Å². The molecule has 1 N–H and O–H groups in total. The second-order valence-corrected chi connectivity index (χ2v) is 7.01. The zero-order chi connectivity index (χ0) is 17.4. The Balaban J connectivity index is 1.61. The van der Waals surface area contributed by atoms with Crippen LogP contribution in [-0.4, -0.2) is 21.2 Å². The summed E-state index contributed by atoms with van der Waals surface area (Å²) in [4.78, 5) is 29.5. The van der Waals surface area contributed by atoms with Gasteiger partial charge in [-0.1, -0.05) is 13.3 Å². The molecule has 0 unspecified atom stereocenters. The summed E-state index contributed by atoms with van der Waals surface area (Å²) < 4.78 is 1.73. The molecule has 1 aromatic heterocycles. The molecule has 1 saturated carbocycles. The third kappa shape index (κ3) is 2.97. The summed E-state index contributed by atoms with van der Waals surface area (Å²) >= 11 is 0. The van der Waals surface area contributed by atoms with Crippen molar-refractivity contribution in [2.24, 2.45) is 11.0 Å². The Morgan fingerprint density at radius 2 is 2.16 bits per heavy atom. The Morgan fingerprint density at radius 1 is 1.28 bits per heavy atom. The third-order valence-electron chi connectivity index (χ3n) is 5.27. The highest BCUT2D eigenvalue weighted by Gasteiger charge is 2.18. The van der Waals surface area contributed by atoms with E-state index in [4.69, 9.17) is 0 Å². The largest absolute Gasteiger partial charge is 0.296 e. The van der Waals surface area contributed by atoms with Gasteiger partial charge in [-0.15, -0.1) is 0 Å². The van der Waals surface area contributed by atoms with Crippen LogP contribution in [0.25, 0.3) is 10.9 Å². The molecule has 6 heteroatoms. The number of nitrogens with zero attached hydrogens (tertiary/aromatic N) is 3. The van der Waals surface area contributed by atoms with Crippen LogP contribution in [0.3, 0.4) is 0 Å². The minimum atomic E-state index is -0.255. The van der Waals surface area contributed by atoms with Crippen LogP contribution in [0, 0.1) is 5.92 Å². The average Bonchev–Trinajstić information content (AvgIpc) is 3.09.